The van der Waals surface area contributed by atoms with E-state index < -0.39 is 32.1 Å². The molecule has 0 aliphatic carbocycles. The summed E-state index contributed by atoms with van der Waals surface area (Å²) < 4.78 is 60.3. The fraction of sp³-hybridized carbons (Fsp3) is 0.375. The Morgan fingerprint density at radius 2 is 1.33 bits per heavy atom. The molecule has 10 heteroatoms. The Balaban J connectivity index is 1.19. The van der Waals surface area contributed by atoms with Gasteiger partial charge in [0.2, 0.25) is 0 Å². The average Bonchev–Trinajstić information content (AvgIpc) is 3.50. The van der Waals surface area contributed by atoms with Gasteiger partial charge >= 0.3 is 7.82 Å². The lowest BCUT2D eigenvalue weighted by Crippen LogP contribution is -2.31. The molecule has 5 rings (SSSR count). The van der Waals surface area contributed by atoms with Crippen LogP contribution in [0.2, 0.25) is 0 Å². The molecule has 0 aromatic heterocycles. The molecule has 0 spiro atoms. The third kappa shape index (κ3) is 8.37. The first-order chi connectivity index (χ1) is 20.3. The lowest BCUT2D eigenvalue weighted by atomic mass is 10.1. The molecule has 0 bridgehead atoms. The fourth-order valence-corrected chi connectivity index (χ4v) is 5.78. The molecule has 3 aromatic rings. The van der Waals surface area contributed by atoms with E-state index in [0.29, 0.717) is 6.61 Å². The summed E-state index contributed by atoms with van der Waals surface area (Å²) in [4.78, 5) is 0. The Morgan fingerprint density at radius 1 is 0.762 bits per heavy atom. The molecule has 0 saturated carbocycles. The molecular weight excluding hydrogens is 559 g/mol. The first-order valence-corrected chi connectivity index (χ1v) is 15.3. The van der Waals surface area contributed by atoms with Gasteiger partial charge in [-0.25, -0.2) is 4.57 Å². The predicted molar refractivity (Wildman–Crippen MR) is 155 cm³/mol. The van der Waals surface area contributed by atoms with Crippen LogP contribution in [0, 0.1) is 0 Å². The summed E-state index contributed by atoms with van der Waals surface area (Å²) in [5, 5.41) is 0. The van der Waals surface area contributed by atoms with E-state index in [1.165, 1.54) is 0 Å². The molecule has 0 N–H and O–H groups in total. The van der Waals surface area contributed by atoms with Gasteiger partial charge in [-0.05, 0) is 42.7 Å². The Labute approximate surface area is 246 Å². The molecule has 2 heterocycles. The largest absolute Gasteiger partial charge is 0.497 e. The SMILES string of the molecule is COc1ccc(CO[C@H]2O[C@H](/C=C\COP(=O)(OCc3ccccc3)OCc3ccccc3)C3OC(C)(C)OC32)cc1. The van der Waals surface area contributed by atoms with E-state index >= 15 is 0 Å². The second kappa shape index (κ2) is 14.1. The van der Waals surface area contributed by atoms with Crippen LogP contribution in [-0.4, -0.2) is 44.1 Å². The molecule has 9 nitrogen and oxygen atoms in total. The quantitative estimate of drug-likeness (QED) is 0.151. The van der Waals surface area contributed by atoms with Crippen molar-refractivity contribution in [3.8, 4) is 5.75 Å². The van der Waals surface area contributed by atoms with Gasteiger partial charge in [-0.2, -0.15) is 0 Å². The summed E-state index contributed by atoms with van der Waals surface area (Å²) in [7, 11) is -2.27. The standard InChI is InChI=1S/C32H37O9P/c1-32(2)40-29-28(39-31(30(29)41-32)35-21-26-16-18-27(34-3)19-17-26)15-10-20-36-42(33,37-22-24-11-6-4-7-12-24)38-23-25-13-8-5-9-14-25/h4-19,28-31H,20-23H2,1-3H3/b15-10-/t28-,29?,30?,31+/m1/s1. The van der Waals surface area contributed by atoms with E-state index in [9.17, 15) is 4.57 Å². The van der Waals surface area contributed by atoms with Crippen LogP contribution in [0.15, 0.2) is 97.1 Å². The maximum atomic E-state index is 13.5. The van der Waals surface area contributed by atoms with Crippen LogP contribution in [0.1, 0.15) is 30.5 Å². The highest BCUT2D eigenvalue weighted by molar-refractivity contribution is 7.48. The van der Waals surface area contributed by atoms with Crippen LogP contribution in [0.25, 0.3) is 0 Å². The highest BCUT2D eigenvalue weighted by Crippen LogP contribution is 2.51. The lowest BCUT2D eigenvalue weighted by Gasteiger charge is -2.23. The van der Waals surface area contributed by atoms with Crippen molar-refractivity contribution >= 4 is 7.82 Å². The van der Waals surface area contributed by atoms with E-state index in [-0.39, 0.29) is 25.9 Å². The van der Waals surface area contributed by atoms with Crippen LogP contribution >= 0.6 is 7.82 Å². The normalized spacial score (nSPS) is 23.3. The molecule has 2 saturated heterocycles. The van der Waals surface area contributed by atoms with E-state index in [1.807, 2.05) is 98.8 Å². The van der Waals surface area contributed by atoms with Crippen molar-refractivity contribution < 1.29 is 41.8 Å². The Kier molecular flexibility index (Phi) is 10.3. The van der Waals surface area contributed by atoms with E-state index in [2.05, 4.69) is 0 Å². The third-order valence-corrected chi connectivity index (χ3v) is 8.10. The highest BCUT2D eigenvalue weighted by atomic mass is 31.2. The highest BCUT2D eigenvalue weighted by Gasteiger charge is 2.55. The smallest absolute Gasteiger partial charge is 0.475 e. The van der Waals surface area contributed by atoms with Crippen LogP contribution in [0.4, 0.5) is 0 Å². The molecule has 0 amide bonds. The first-order valence-electron chi connectivity index (χ1n) is 13.9. The Hall–Kier alpha value is -2.85. The van der Waals surface area contributed by atoms with Gasteiger partial charge in [0.1, 0.15) is 24.1 Å². The first kappa shape index (κ1) is 30.6. The summed E-state index contributed by atoms with van der Waals surface area (Å²) in [5.74, 6) is -0.00603. The molecule has 3 aromatic carbocycles. The van der Waals surface area contributed by atoms with Crippen LogP contribution < -0.4 is 4.74 Å². The molecule has 2 fully saturated rings. The van der Waals surface area contributed by atoms with Crippen molar-refractivity contribution in [3.63, 3.8) is 0 Å². The summed E-state index contributed by atoms with van der Waals surface area (Å²) in [6, 6.07) is 26.5. The minimum Gasteiger partial charge on any atom is -0.497 e. The number of phosphoric ester groups is 1. The zero-order valence-electron chi connectivity index (χ0n) is 24.0. The summed E-state index contributed by atoms with van der Waals surface area (Å²) in [6.07, 6.45) is 1.63. The minimum atomic E-state index is -3.90. The van der Waals surface area contributed by atoms with Crippen LogP contribution in [0.5, 0.6) is 5.75 Å². The minimum absolute atomic E-state index is 0.0280. The molecule has 224 valence electrons. The van der Waals surface area contributed by atoms with Gasteiger partial charge in [0.05, 0.1) is 33.5 Å². The maximum Gasteiger partial charge on any atom is 0.475 e. The Morgan fingerprint density at radius 3 is 1.93 bits per heavy atom. The van der Waals surface area contributed by atoms with E-state index in [0.717, 1.165) is 22.4 Å². The van der Waals surface area contributed by atoms with Gasteiger partial charge in [0, 0.05) is 0 Å². The van der Waals surface area contributed by atoms with Gasteiger partial charge < -0.3 is 23.7 Å². The number of phosphoric acid groups is 1. The predicted octanol–water partition coefficient (Wildman–Crippen LogP) is 6.57. The number of ether oxygens (including phenoxy) is 5. The van der Waals surface area contributed by atoms with Crippen molar-refractivity contribution in [2.24, 2.45) is 0 Å². The summed E-state index contributed by atoms with van der Waals surface area (Å²) >= 11 is 0. The van der Waals surface area contributed by atoms with Crippen molar-refractivity contribution in [2.75, 3.05) is 13.7 Å². The molecular formula is C32H37O9P. The molecule has 2 aliphatic rings. The molecule has 42 heavy (non-hydrogen) atoms. The van der Waals surface area contributed by atoms with Crippen molar-refractivity contribution in [1.82, 2.24) is 0 Å². The molecule has 2 unspecified atom stereocenters. The van der Waals surface area contributed by atoms with E-state index in [4.69, 9.17) is 37.3 Å². The zero-order valence-corrected chi connectivity index (χ0v) is 24.9. The topological polar surface area (TPSA) is 90.9 Å². The van der Waals surface area contributed by atoms with Crippen LogP contribution in [0.3, 0.4) is 0 Å². The number of benzene rings is 3. The number of rotatable bonds is 14. The summed E-state index contributed by atoms with van der Waals surface area (Å²) in [5.41, 5.74) is 2.68. The zero-order chi connectivity index (χ0) is 29.4. The Bertz CT molecular complexity index is 1280. The number of hydrogen-bond donors (Lipinski definition) is 0. The maximum absolute atomic E-state index is 13.5. The van der Waals surface area contributed by atoms with Crippen molar-refractivity contribution in [3.05, 3.63) is 114 Å². The van der Waals surface area contributed by atoms with E-state index in [1.54, 1.807) is 19.3 Å². The number of fused-ring (bicyclic) bond motifs is 1. The fourth-order valence-electron chi connectivity index (χ4n) is 4.67. The average molecular weight is 597 g/mol. The second-order valence-corrected chi connectivity index (χ2v) is 12.1. The van der Waals surface area contributed by atoms with Gasteiger partial charge in [0.15, 0.2) is 12.1 Å². The molecule has 2 aliphatic heterocycles. The van der Waals surface area contributed by atoms with Gasteiger partial charge in [-0.1, -0.05) is 84.9 Å². The van der Waals surface area contributed by atoms with Gasteiger partial charge in [-0.15, -0.1) is 0 Å². The van der Waals surface area contributed by atoms with Crippen molar-refractivity contribution in [1.29, 1.82) is 0 Å². The second-order valence-electron chi connectivity index (χ2n) is 10.4. The monoisotopic (exact) mass is 596 g/mol. The van der Waals surface area contributed by atoms with Gasteiger partial charge in [0.25, 0.3) is 0 Å². The lowest BCUT2D eigenvalue weighted by molar-refractivity contribution is -0.231. The van der Waals surface area contributed by atoms with Gasteiger partial charge in [-0.3, -0.25) is 13.6 Å². The van der Waals surface area contributed by atoms with Crippen molar-refractivity contribution in [2.45, 2.75) is 64.1 Å². The third-order valence-electron chi connectivity index (χ3n) is 6.74. The molecule has 0 radical (unpaired) electrons. The van der Waals surface area contributed by atoms with Crippen LogP contribution in [-0.2, 0) is 56.9 Å². The molecule has 4 atom stereocenters. The summed E-state index contributed by atoms with van der Waals surface area (Å²) in [6.45, 7) is 4.20. The number of hydrogen-bond acceptors (Lipinski definition) is 9. The number of methoxy groups -OCH3 is 1.